The standard InChI is InChI=1S/C21H18FN3O3/c22-14-7-8-19-16(11-14)18(6-3-9-28-19)25-21(27)20(26)24-15-10-13-4-1-2-5-17(13)23-12-15/h1-2,4-5,7-8,10-12,18H,3,6,9H2,(H,24,26)(H,25,27). The Morgan fingerprint density at radius 2 is 1.96 bits per heavy atom. The van der Waals surface area contributed by atoms with Gasteiger partial charge in [-0.25, -0.2) is 4.39 Å². The summed E-state index contributed by atoms with van der Waals surface area (Å²) in [6.07, 6.45) is 2.72. The van der Waals surface area contributed by atoms with Crippen LogP contribution >= 0.6 is 0 Å². The number of pyridine rings is 1. The number of carbonyl (C=O) groups is 2. The molecule has 0 saturated heterocycles. The lowest BCUT2D eigenvalue weighted by molar-refractivity contribution is -0.136. The Bertz CT molecular complexity index is 1050. The minimum absolute atomic E-state index is 0.421. The number of aromatic nitrogens is 1. The van der Waals surface area contributed by atoms with E-state index in [-0.39, 0.29) is 0 Å². The van der Waals surface area contributed by atoms with Crippen molar-refractivity contribution in [1.29, 1.82) is 0 Å². The van der Waals surface area contributed by atoms with Gasteiger partial charge in [0.05, 0.1) is 30.0 Å². The molecule has 1 atom stereocenters. The van der Waals surface area contributed by atoms with Crippen molar-refractivity contribution in [3.05, 3.63) is 66.1 Å². The van der Waals surface area contributed by atoms with Gasteiger partial charge in [0.25, 0.3) is 0 Å². The predicted molar refractivity (Wildman–Crippen MR) is 102 cm³/mol. The van der Waals surface area contributed by atoms with E-state index < -0.39 is 23.7 Å². The van der Waals surface area contributed by atoms with Crippen LogP contribution in [0.5, 0.6) is 5.75 Å². The Labute approximate surface area is 160 Å². The molecule has 28 heavy (non-hydrogen) atoms. The van der Waals surface area contributed by atoms with Gasteiger partial charge in [-0.3, -0.25) is 14.6 Å². The van der Waals surface area contributed by atoms with E-state index in [0.717, 1.165) is 10.9 Å². The first-order valence-electron chi connectivity index (χ1n) is 8.99. The highest BCUT2D eigenvalue weighted by atomic mass is 19.1. The van der Waals surface area contributed by atoms with E-state index >= 15 is 0 Å². The first-order valence-corrected chi connectivity index (χ1v) is 8.99. The average molecular weight is 379 g/mol. The van der Waals surface area contributed by atoms with Crippen LogP contribution < -0.4 is 15.4 Å². The fourth-order valence-electron chi connectivity index (χ4n) is 3.25. The highest BCUT2D eigenvalue weighted by Crippen LogP contribution is 2.32. The molecule has 1 aromatic heterocycles. The number of halogens is 1. The quantitative estimate of drug-likeness (QED) is 0.669. The Hall–Kier alpha value is -3.48. The van der Waals surface area contributed by atoms with Crippen molar-refractivity contribution < 1.29 is 18.7 Å². The summed E-state index contributed by atoms with van der Waals surface area (Å²) in [6.45, 7) is 0.472. The number of nitrogens with zero attached hydrogens (tertiary/aromatic N) is 1. The van der Waals surface area contributed by atoms with Crippen LogP contribution in [0.15, 0.2) is 54.7 Å². The van der Waals surface area contributed by atoms with Crippen molar-refractivity contribution in [3.8, 4) is 5.75 Å². The maximum atomic E-state index is 13.7. The first kappa shape index (κ1) is 17.9. The van der Waals surface area contributed by atoms with Crippen molar-refractivity contribution in [3.63, 3.8) is 0 Å². The Morgan fingerprint density at radius 3 is 2.86 bits per heavy atom. The van der Waals surface area contributed by atoms with Crippen molar-refractivity contribution in [2.24, 2.45) is 0 Å². The van der Waals surface area contributed by atoms with Crippen molar-refractivity contribution >= 4 is 28.4 Å². The lowest BCUT2D eigenvalue weighted by atomic mass is 10.0. The number of anilines is 1. The van der Waals surface area contributed by atoms with Crippen LogP contribution in [0.1, 0.15) is 24.4 Å². The summed E-state index contributed by atoms with van der Waals surface area (Å²) in [5.74, 6) is -1.51. The zero-order valence-electron chi connectivity index (χ0n) is 14.9. The Balaban J connectivity index is 1.48. The summed E-state index contributed by atoms with van der Waals surface area (Å²) >= 11 is 0. The largest absolute Gasteiger partial charge is 0.493 e. The Morgan fingerprint density at radius 1 is 1.11 bits per heavy atom. The van der Waals surface area contributed by atoms with Gasteiger partial charge in [0.15, 0.2) is 0 Å². The fourth-order valence-corrected chi connectivity index (χ4v) is 3.25. The molecule has 142 valence electrons. The van der Waals surface area contributed by atoms with E-state index in [1.165, 1.54) is 24.4 Å². The first-order chi connectivity index (χ1) is 13.6. The Kier molecular flexibility index (Phi) is 4.89. The number of nitrogens with one attached hydrogen (secondary N) is 2. The van der Waals surface area contributed by atoms with Gasteiger partial charge in [-0.1, -0.05) is 18.2 Å². The molecule has 0 spiro atoms. The molecule has 2 heterocycles. The number of benzene rings is 2. The topological polar surface area (TPSA) is 80.3 Å². The summed E-state index contributed by atoms with van der Waals surface area (Å²) in [4.78, 5) is 29.0. The molecule has 1 aliphatic rings. The molecule has 1 aliphatic heterocycles. The lowest BCUT2D eigenvalue weighted by Gasteiger charge is -2.18. The van der Waals surface area contributed by atoms with E-state index in [1.54, 1.807) is 6.07 Å². The monoisotopic (exact) mass is 379 g/mol. The molecule has 1 unspecified atom stereocenters. The molecular weight excluding hydrogens is 361 g/mol. The van der Waals surface area contributed by atoms with Gasteiger partial charge in [0.2, 0.25) is 0 Å². The molecule has 4 rings (SSSR count). The number of carbonyl (C=O) groups excluding carboxylic acids is 2. The van der Waals surface area contributed by atoms with Crippen molar-refractivity contribution in [1.82, 2.24) is 10.3 Å². The zero-order chi connectivity index (χ0) is 19.5. The van der Waals surface area contributed by atoms with Crippen LogP contribution in [0.4, 0.5) is 10.1 Å². The third-order valence-electron chi connectivity index (χ3n) is 4.60. The molecule has 2 amide bonds. The second kappa shape index (κ2) is 7.64. The van der Waals surface area contributed by atoms with Gasteiger partial charge in [0, 0.05) is 10.9 Å². The smallest absolute Gasteiger partial charge is 0.313 e. The molecule has 6 nitrogen and oxygen atoms in total. The van der Waals surface area contributed by atoms with Gasteiger partial charge >= 0.3 is 11.8 Å². The molecule has 0 fully saturated rings. The van der Waals surface area contributed by atoms with E-state index in [2.05, 4.69) is 15.6 Å². The lowest BCUT2D eigenvalue weighted by Crippen LogP contribution is -2.37. The number of fused-ring (bicyclic) bond motifs is 2. The number of hydrogen-bond acceptors (Lipinski definition) is 4. The molecular formula is C21H18FN3O3. The number of para-hydroxylation sites is 1. The fraction of sp³-hybridized carbons (Fsp3) is 0.190. The van der Waals surface area contributed by atoms with Gasteiger partial charge in [-0.05, 0) is 43.2 Å². The van der Waals surface area contributed by atoms with Crippen LogP contribution in [-0.2, 0) is 9.59 Å². The number of ether oxygens (including phenoxy) is 1. The highest BCUT2D eigenvalue weighted by molar-refractivity contribution is 6.39. The summed E-state index contributed by atoms with van der Waals surface area (Å²) < 4.78 is 19.2. The number of rotatable bonds is 2. The van der Waals surface area contributed by atoms with E-state index in [1.807, 2.05) is 24.3 Å². The van der Waals surface area contributed by atoms with Gasteiger partial charge in [-0.15, -0.1) is 0 Å². The normalized spacial score (nSPS) is 15.8. The molecule has 2 N–H and O–H groups in total. The van der Waals surface area contributed by atoms with Crippen molar-refractivity contribution in [2.45, 2.75) is 18.9 Å². The maximum Gasteiger partial charge on any atom is 0.313 e. The molecule has 3 aromatic rings. The van der Waals surface area contributed by atoms with E-state index in [0.29, 0.717) is 36.4 Å². The van der Waals surface area contributed by atoms with E-state index in [9.17, 15) is 14.0 Å². The summed E-state index contributed by atoms with van der Waals surface area (Å²) in [5.41, 5.74) is 1.75. The third kappa shape index (κ3) is 3.78. The minimum atomic E-state index is -0.805. The van der Waals surface area contributed by atoms with Crippen LogP contribution in [0.2, 0.25) is 0 Å². The molecule has 0 radical (unpaired) electrons. The summed E-state index contributed by atoms with van der Waals surface area (Å²) in [6, 6.07) is 12.9. The molecule has 0 bridgehead atoms. The molecule has 7 heteroatoms. The maximum absolute atomic E-state index is 13.7. The second-order valence-corrected chi connectivity index (χ2v) is 6.57. The van der Waals surface area contributed by atoms with Gasteiger partial charge in [-0.2, -0.15) is 0 Å². The van der Waals surface area contributed by atoms with Crippen LogP contribution in [0.3, 0.4) is 0 Å². The van der Waals surface area contributed by atoms with Crippen LogP contribution in [-0.4, -0.2) is 23.4 Å². The SMILES string of the molecule is O=C(Nc1cnc2ccccc2c1)C(=O)NC1CCCOc2ccc(F)cc21. The third-order valence-corrected chi connectivity index (χ3v) is 4.60. The zero-order valence-corrected chi connectivity index (χ0v) is 14.9. The molecule has 0 aliphatic carbocycles. The van der Waals surface area contributed by atoms with Gasteiger partial charge in [0.1, 0.15) is 11.6 Å². The molecule has 2 aromatic carbocycles. The second-order valence-electron chi connectivity index (χ2n) is 6.57. The average Bonchev–Trinajstić information content (AvgIpc) is 2.90. The minimum Gasteiger partial charge on any atom is -0.493 e. The molecule has 0 saturated carbocycles. The number of amides is 2. The number of hydrogen-bond donors (Lipinski definition) is 2. The highest BCUT2D eigenvalue weighted by Gasteiger charge is 2.25. The van der Waals surface area contributed by atoms with E-state index in [4.69, 9.17) is 4.74 Å². The van der Waals surface area contributed by atoms with Crippen molar-refractivity contribution in [2.75, 3.05) is 11.9 Å². The van der Waals surface area contributed by atoms with Crippen LogP contribution in [0, 0.1) is 5.82 Å². The van der Waals surface area contributed by atoms with Crippen LogP contribution in [0.25, 0.3) is 10.9 Å². The van der Waals surface area contributed by atoms with Gasteiger partial charge < -0.3 is 15.4 Å². The predicted octanol–water partition coefficient (Wildman–Crippen LogP) is 3.34. The summed E-state index contributed by atoms with van der Waals surface area (Å²) in [5, 5.41) is 6.09. The summed E-state index contributed by atoms with van der Waals surface area (Å²) in [7, 11) is 0.